The summed E-state index contributed by atoms with van der Waals surface area (Å²) in [5.41, 5.74) is 2.90. The monoisotopic (exact) mass is 411 g/mol. The quantitative estimate of drug-likeness (QED) is 0.304. The van der Waals surface area contributed by atoms with E-state index in [1.165, 1.54) is 12.1 Å². The largest absolute Gasteiger partial charge is 0.334 e. The molecular weight excluding hydrogens is 390 g/mol. The van der Waals surface area contributed by atoms with E-state index < -0.39 is 4.92 Å². The SMILES string of the molecule is N#Cc1ccc(/C=C/C(=O)N(CCc2ccccc2)Cc2ccccc2[N+](=O)[O-])cc1. The predicted molar refractivity (Wildman–Crippen MR) is 119 cm³/mol. The normalized spacial score (nSPS) is 10.5. The van der Waals surface area contributed by atoms with Crippen LogP contribution in [0.15, 0.2) is 84.9 Å². The van der Waals surface area contributed by atoms with E-state index >= 15 is 0 Å². The van der Waals surface area contributed by atoms with Crippen LogP contribution in [0.4, 0.5) is 5.69 Å². The Balaban J connectivity index is 1.80. The van der Waals surface area contributed by atoms with Gasteiger partial charge in [0, 0.05) is 24.3 Å². The summed E-state index contributed by atoms with van der Waals surface area (Å²) in [5.74, 6) is -0.238. The van der Waals surface area contributed by atoms with Crippen molar-refractivity contribution in [1.29, 1.82) is 5.26 Å². The third-order valence-corrected chi connectivity index (χ3v) is 4.83. The van der Waals surface area contributed by atoms with Gasteiger partial charge in [0.25, 0.3) is 5.69 Å². The number of carbonyl (C=O) groups excluding carboxylic acids is 1. The molecule has 0 radical (unpaired) electrons. The second-order valence-corrected chi connectivity index (χ2v) is 6.95. The van der Waals surface area contributed by atoms with Gasteiger partial charge < -0.3 is 4.90 Å². The molecule has 0 atom stereocenters. The molecule has 0 aliphatic rings. The van der Waals surface area contributed by atoms with Crippen molar-refractivity contribution in [3.05, 3.63) is 117 Å². The highest BCUT2D eigenvalue weighted by Crippen LogP contribution is 2.20. The van der Waals surface area contributed by atoms with Crippen LogP contribution in [0.3, 0.4) is 0 Å². The Kier molecular flexibility index (Phi) is 7.28. The highest BCUT2D eigenvalue weighted by atomic mass is 16.6. The standard InChI is InChI=1S/C25H21N3O3/c26-18-22-12-10-21(11-13-22)14-15-25(29)27(17-16-20-6-2-1-3-7-20)19-23-8-4-5-9-24(23)28(30)31/h1-15H,16-17,19H2/b15-14+. The van der Waals surface area contributed by atoms with Gasteiger partial charge in [0.15, 0.2) is 0 Å². The van der Waals surface area contributed by atoms with Crippen molar-refractivity contribution in [1.82, 2.24) is 4.90 Å². The Morgan fingerprint density at radius 1 is 1.00 bits per heavy atom. The summed E-state index contributed by atoms with van der Waals surface area (Å²) < 4.78 is 0. The lowest BCUT2D eigenvalue weighted by atomic mass is 10.1. The lowest BCUT2D eigenvalue weighted by Gasteiger charge is -2.21. The number of nitro benzene ring substituents is 1. The Hall–Kier alpha value is -4.24. The van der Waals surface area contributed by atoms with Crippen LogP contribution < -0.4 is 0 Å². The minimum absolute atomic E-state index is 0.00363. The number of nitriles is 1. The molecule has 0 aromatic heterocycles. The van der Waals surface area contributed by atoms with E-state index in [9.17, 15) is 14.9 Å². The number of hydrogen-bond acceptors (Lipinski definition) is 4. The van der Waals surface area contributed by atoms with Crippen molar-refractivity contribution in [2.45, 2.75) is 13.0 Å². The van der Waals surface area contributed by atoms with E-state index in [4.69, 9.17) is 5.26 Å². The minimum atomic E-state index is -0.429. The fourth-order valence-corrected chi connectivity index (χ4v) is 3.15. The third kappa shape index (κ3) is 6.12. The summed E-state index contributed by atoms with van der Waals surface area (Å²) in [7, 11) is 0. The van der Waals surface area contributed by atoms with Crippen LogP contribution in [0, 0.1) is 21.4 Å². The molecule has 0 aliphatic carbocycles. The maximum atomic E-state index is 13.0. The maximum Gasteiger partial charge on any atom is 0.274 e. The van der Waals surface area contributed by atoms with Gasteiger partial charge in [0.2, 0.25) is 5.91 Å². The van der Waals surface area contributed by atoms with Crippen LogP contribution in [0.25, 0.3) is 6.08 Å². The molecule has 0 saturated heterocycles. The fourth-order valence-electron chi connectivity index (χ4n) is 3.15. The molecule has 0 bridgehead atoms. The van der Waals surface area contributed by atoms with Gasteiger partial charge >= 0.3 is 0 Å². The summed E-state index contributed by atoms with van der Waals surface area (Å²) in [6, 6.07) is 25.2. The van der Waals surface area contributed by atoms with Crippen LogP contribution in [0.1, 0.15) is 22.3 Å². The summed E-state index contributed by atoms with van der Waals surface area (Å²) in [4.78, 5) is 25.5. The Bertz CT molecular complexity index is 1120. The summed E-state index contributed by atoms with van der Waals surface area (Å²) >= 11 is 0. The van der Waals surface area contributed by atoms with Gasteiger partial charge in [-0.05, 0) is 35.8 Å². The highest BCUT2D eigenvalue weighted by molar-refractivity contribution is 5.91. The third-order valence-electron chi connectivity index (χ3n) is 4.83. The first-order chi connectivity index (χ1) is 15.1. The van der Waals surface area contributed by atoms with Crippen molar-refractivity contribution in [3.8, 4) is 6.07 Å². The summed E-state index contributed by atoms with van der Waals surface area (Å²) in [6.45, 7) is 0.563. The maximum absolute atomic E-state index is 13.0. The van der Waals surface area contributed by atoms with Crippen LogP contribution in [0.2, 0.25) is 0 Å². The Morgan fingerprint density at radius 2 is 1.68 bits per heavy atom. The zero-order chi connectivity index (χ0) is 22.1. The van der Waals surface area contributed by atoms with Gasteiger partial charge in [-0.3, -0.25) is 14.9 Å². The van der Waals surface area contributed by atoms with Crippen molar-refractivity contribution < 1.29 is 9.72 Å². The molecule has 0 unspecified atom stereocenters. The van der Waals surface area contributed by atoms with Gasteiger partial charge in [-0.1, -0.05) is 60.7 Å². The smallest absolute Gasteiger partial charge is 0.274 e. The summed E-state index contributed by atoms with van der Waals surface area (Å²) in [6.07, 6.45) is 3.78. The van der Waals surface area contributed by atoms with Gasteiger partial charge in [-0.25, -0.2) is 0 Å². The first-order valence-corrected chi connectivity index (χ1v) is 9.80. The van der Waals surface area contributed by atoms with Crippen LogP contribution in [-0.2, 0) is 17.8 Å². The number of carbonyl (C=O) groups is 1. The van der Waals surface area contributed by atoms with Crippen molar-refractivity contribution in [2.24, 2.45) is 0 Å². The molecule has 3 rings (SSSR count). The fraction of sp³-hybridized carbons (Fsp3) is 0.120. The lowest BCUT2D eigenvalue weighted by Crippen LogP contribution is -2.31. The zero-order valence-corrected chi connectivity index (χ0v) is 16.8. The zero-order valence-electron chi connectivity index (χ0n) is 16.8. The van der Waals surface area contributed by atoms with Gasteiger partial charge in [0.05, 0.1) is 23.1 Å². The first kappa shape index (κ1) is 21.5. The van der Waals surface area contributed by atoms with Gasteiger partial charge in [0.1, 0.15) is 0 Å². The number of nitro groups is 1. The number of amides is 1. The Labute approximate surface area is 180 Å². The molecule has 1 amide bonds. The Morgan fingerprint density at radius 3 is 2.35 bits per heavy atom. The van der Waals surface area contributed by atoms with E-state index in [1.807, 2.05) is 30.3 Å². The number of para-hydroxylation sites is 1. The topological polar surface area (TPSA) is 87.2 Å². The average Bonchev–Trinajstić information content (AvgIpc) is 2.81. The molecule has 31 heavy (non-hydrogen) atoms. The number of nitrogens with zero attached hydrogens (tertiary/aromatic N) is 3. The molecule has 6 nitrogen and oxygen atoms in total. The first-order valence-electron chi connectivity index (χ1n) is 9.80. The molecular formula is C25H21N3O3. The van der Waals surface area contributed by atoms with Crippen molar-refractivity contribution in [3.63, 3.8) is 0 Å². The number of benzene rings is 3. The highest BCUT2D eigenvalue weighted by Gasteiger charge is 2.18. The molecule has 0 spiro atoms. The van der Waals surface area contributed by atoms with Crippen LogP contribution >= 0.6 is 0 Å². The van der Waals surface area contributed by atoms with Crippen LogP contribution in [0.5, 0.6) is 0 Å². The molecule has 6 heteroatoms. The molecule has 3 aromatic carbocycles. The van der Waals surface area contributed by atoms with Crippen molar-refractivity contribution >= 4 is 17.7 Å². The van der Waals surface area contributed by atoms with E-state index in [2.05, 4.69) is 6.07 Å². The molecule has 0 fully saturated rings. The van der Waals surface area contributed by atoms with E-state index in [0.717, 1.165) is 11.1 Å². The molecule has 0 saturated carbocycles. The second kappa shape index (κ2) is 10.5. The summed E-state index contributed by atoms with van der Waals surface area (Å²) in [5, 5.41) is 20.3. The number of rotatable bonds is 8. The van der Waals surface area contributed by atoms with E-state index in [1.54, 1.807) is 53.4 Å². The predicted octanol–water partition coefficient (Wildman–Crippen LogP) is 4.75. The minimum Gasteiger partial charge on any atom is -0.334 e. The lowest BCUT2D eigenvalue weighted by molar-refractivity contribution is -0.385. The van der Waals surface area contributed by atoms with E-state index in [-0.39, 0.29) is 18.1 Å². The molecule has 0 N–H and O–H groups in total. The van der Waals surface area contributed by atoms with Crippen molar-refractivity contribution in [2.75, 3.05) is 6.54 Å². The molecule has 3 aromatic rings. The second-order valence-electron chi connectivity index (χ2n) is 6.95. The number of hydrogen-bond donors (Lipinski definition) is 0. The van der Waals surface area contributed by atoms with E-state index in [0.29, 0.717) is 24.1 Å². The molecule has 0 aliphatic heterocycles. The van der Waals surface area contributed by atoms with Gasteiger partial charge in [-0.15, -0.1) is 0 Å². The van der Waals surface area contributed by atoms with Crippen LogP contribution in [-0.4, -0.2) is 22.3 Å². The molecule has 0 heterocycles. The van der Waals surface area contributed by atoms with Gasteiger partial charge in [-0.2, -0.15) is 5.26 Å². The molecule has 154 valence electrons. The average molecular weight is 411 g/mol.